The zero-order valence-electron chi connectivity index (χ0n) is 8.64. The van der Waals surface area contributed by atoms with Crippen molar-refractivity contribution in [2.24, 2.45) is 5.92 Å². The first-order chi connectivity index (χ1) is 6.70. The van der Waals surface area contributed by atoms with Crippen molar-refractivity contribution < 1.29 is 5.11 Å². The second-order valence-corrected chi connectivity index (χ2v) is 4.25. The zero-order valence-corrected chi connectivity index (χ0v) is 8.64. The first-order valence-corrected chi connectivity index (χ1v) is 5.15. The average molecular weight is 188 g/mol. The molecule has 2 unspecified atom stereocenters. The van der Waals surface area contributed by atoms with E-state index in [0.29, 0.717) is 5.92 Å². The van der Waals surface area contributed by atoms with Crippen LogP contribution in [-0.4, -0.2) is 11.2 Å². The zero-order chi connectivity index (χ0) is 10.1. The lowest BCUT2D eigenvalue weighted by atomic mass is 9.89. The van der Waals surface area contributed by atoms with Crippen LogP contribution in [0.3, 0.4) is 0 Å². The van der Waals surface area contributed by atoms with Crippen molar-refractivity contribution in [1.29, 1.82) is 0 Å². The minimum absolute atomic E-state index is 0.186. The summed E-state index contributed by atoms with van der Waals surface area (Å²) in [7, 11) is 0. The highest BCUT2D eigenvalue weighted by Crippen LogP contribution is 2.34. The maximum atomic E-state index is 10.0. The summed E-state index contributed by atoms with van der Waals surface area (Å²) < 4.78 is 0. The van der Waals surface area contributed by atoms with Crippen molar-refractivity contribution in [2.45, 2.75) is 25.9 Å². The van der Waals surface area contributed by atoms with Crippen LogP contribution in [0.5, 0.6) is 0 Å². The minimum Gasteiger partial charge on any atom is -0.392 e. The molecule has 74 valence electrons. The van der Waals surface area contributed by atoms with Crippen molar-refractivity contribution in [3.05, 3.63) is 41.5 Å². The molecule has 14 heavy (non-hydrogen) atoms. The van der Waals surface area contributed by atoms with Crippen LogP contribution < -0.4 is 0 Å². The van der Waals surface area contributed by atoms with E-state index in [1.54, 1.807) is 0 Å². The van der Waals surface area contributed by atoms with Crippen LogP contribution in [0.1, 0.15) is 30.9 Å². The van der Waals surface area contributed by atoms with E-state index in [4.69, 9.17) is 0 Å². The Labute approximate surface area is 85.1 Å². The van der Waals surface area contributed by atoms with E-state index in [1.807, 2.05) is 12.1 Å². The van der Waals surface area contributed by atoms with Gasteiger partial charge in [0.2, 0.25) is 0 Å². The molecule has 1 aliphatic carbocycles. The summed E-state index contributed by atoms with van der Waals surface area (Å²) in [6.07, 6.45) is 3.94. The molecular weight excluding hydrogens is 172 g/mol. The van der Waals surface area contributed by atoms with Crippen LogP contribution in [0.4, 0.5) is 0 Å². The molecule has 1 heteroatoms. The van der Waals surface area contributed by atoms with Gasteiger partial charge in [-0.05, 0) is 17.0 Å². The summed E-state index contributed by atoms with van der Waals surface area (Å²) >= 11 is 0. The molecule has 1 aromatic carbocycles. The Hall–Kier alpha value is -1.08. The molecule has 2 atom stereocenters. The van der Waals surface area contributed by atoms with E-state index in [0.717, 1.165) is 0 Å². The molecule has 0 heterocycles. The Bertz CT molecular complexity index is 352. The molecule has 0 saturated heterocycles. The van der Waals surface area contributed by atoms with Crippen LogP contribution in [0.25, 0.3) is 6.08 Å². The van der Waals surface area contributed by atoms with Crippen molar-refractivity contribution >= 4 is 6.08 Å². The van der Waals surface area contributed by atoms with Gasteiger partial charge in [-0.3, -0.25) is 0 Å². The summed E-state index contributed by atoms with van der Waals surface area (Å²) in [6, 6.07) is 8.27. The highest BCUT2D eigenvalue weighted by Gasteiger charge is 2.25. The third-order valence-electron chi connectivity index (χ3n) is 2.89. The van der Waals surface area contributed by atoms with Crippen molar-refractivity contribution in [1.82, 2.24) is 0 Å². The molecular formula is C13H16O. The fraction of sp³-hybridized carbons (Fsp3) is 0.385. The highest BCUT2D eigenvalue weighted by molar-refractivity contribution is 5.62. The van der Waals surface area contributed by atoms with Gasteiger partial charge in [0, 0.05) is 5.92 Å². The maximum absolute atomic E-state index is 10.0. The summed E-state index contributed by atoms with van der Waals surface area (Å²) in [4.78, 5) is 0. The van der Waals surface area contributed by atoms with Gasteiger partial charge in [-0.15, -0.1) is 0 Å². The Kier molecular flexibility index (Phi) is 2.42. The van der Waals surface area contributed by atoms with Crippen LogP contribution in [0, 0.1) is 5.92 Å². The van der Waals surface area contributed by atoms with Crippen LogP contribution in [0.15, 0.2) is 30.3 Å². The van der Waals surface area contributed by atoms with Crippen LogP contribution in [0.2, 0.25) is 0 Å². The number of hydrogen-bond acceptors (Lipinski definition) is 1. The van der Waals surface area contributed by atoms with Gasteiger partial charge in [0.05, 0.1) is 6.10 Å². The summed E-state index contributed by atoms with van der Waals surface area (Å²) in [5, 5.41) is 10.0. The summed E-state index contributed by atoms with van der Waals surface area (Å²) in [5.41, 5.74) is 2.51. The van der Waals surface area contributed by atoms with Gasteiger partial charge in [0.1, 0.15) is 0 Å². The second kappa shape index (κ2) is 3.58. The molecule has 0 amide bonds. The van der Waals surface area contributed by atoms with Gasteiger partial charge in [-0.2, -0.15) is 0 Å². The molecule has 0 bridgehead atoms. The van der Waals surface area contributed by atoms with Crippen molar-refractivity contribution in [3.8, 4) is 0 Å². The fourth-order valence-electron chi connectivity index (χ4n) is 1.99. The lowest BCUT2D eigenvalue weighted by Crippen LogP contribution is -2.21. The van der Waals surface area contributed by atoms with E-state index in [2.05, 4.69) is 38.1 Å². The van der Waals surface area contributed by atoms with Crippen LogP contribution >= 0.6 is 0 Å². The molecule has 2 rings (SSSR count). The lowest BCUT2D eigenvalue weighted by molar-refractivity contribution is 0.112. The number of aliphatic hydroxyl groups excluding tert-OH is 1. The molecule has 1 nitrogen and oxygen atoms in total. The maximum Gasteiger partial charge on any atom is 0.0666 e. The molecule has 1 aliphatic rings. The number of hydrogen-bond donors (Lipinski definition) is 1. The Morgan fingerprint density at radius 2 is 1.93 bits per heavy atom. The Balaban J connectivity index is 2.30. The lowest BCUT2D eigenvalue weighted by Gasteiger charge is -2.21. The predicted molar refractivity (Wildman–Crippen MR) is 59.1 cm³/mol. The van der Waals surface area contributed by atoms with Gasteiger partial charge in [0.15, 0.2) is 0 Å². The molecule has 0 saturated carbocycles. The van der Waals surface area contributed by atoms with Gasteiger partial charge in [-0.1, -0.05) is 50.3 Å². The highest BCUT2D eigenvalue weighted by atomic mass is 16.3. The van der Waals surface area contributed by atoms with E-state index >= 15 is 0 Å². The third-order valence-corrected chi connectivity index (χ3v) is 2.89. The third kappa shape index (κ3) is 1.48. The number of aliphatic hydroxyl groups is 1. The summed E-state index contributed by atoms with van der Waals surface area (Å²) in [5.74, 6) is 0.488. The monoisotopic (exact) mass is 188 g/mol. The smallest absolute Gasteiger partial charge is 0.0666 e. The normalized spacial score (nSPS) is 21.3. The average Bonchev–Trinajstić information content (AvgIpc) is 2.60. The van der Waals surface area contributed by atoms with E-state index in [-0.39, 0.29) is 12.0 Å². The Morgan fingerprint density at radius 3 is 2.64 bits per heavy atom. The molecule has 0 spiro atoms. The first kappa shape index (κ1) is 9.47. The Morgan fingerprint density at radius 1 is 1.21 bits per heavy atom. The second-order valence-electron chi connectivity index (χ2n) is 4.25. The van der Waals surface area contributed by atoms with Crippen LogP contribution in [-0.2, 0) is 0 Å². The number of benzene rings is 1. The minimum atomic E-state index is -0.269. The van der Waals surface area contributed by atoms with Crippen molar-refractivity contribution in [2.75, 3.05) is 0 Å². The number of fused-ring (bicyclic) bond motifs is 1. The van der Waals surface area contributed by atoms with Crippen molar-refractivity contribution in [3.63, 3.8) is 0 Å². The number of rotatable bonds is 2. The summed E-state index contributed by atoms with van der Waals surface area (Å²) in [6.45, 7) is 4.11. The molecule has 0 fully saturated rings. The molecule has 0 aliphatic heterocycles. The fourth-order valence-corrected chi connectivity index (χ4v) is 1.99. The molecule has 0 radical (unpaired) electrons. The first-order valence-electron chi connectivity index (χ1n) is 5.15. The predicted octanol–water partition coefficient (Wildman–Crippen LogP) is 2.81. The SMILES string of the molecule is CC(C)C(O)C1C=Cc2ccccc21. The molecule has 0 aromatic heterocycles. The topological polar surface area (TPSA) is 20.2 Å². The van der Waals surface area contributed by atoms with Gasteiger partial charge in [0.25, 0.3) is 0 Å². The van der Waals surface area contributed by atoms with E-state index < -0.39 is 0 Å². The van der Waals surface area contributed by atoms with Gasteiger partial charge in [-0.25, -0.2) is 0 Å². The van der Waals surface area contributed by atoms with E-state index in [9.17, 15) is 5.11 Å². The van der Waals surface area contributed by atoms with E-state index in [1.165, 1.54) is 11.1 Å². The largest absolute Gasteiger partial charge is 0.392 e. The molecule has 1 aromatic rings. The molecule has 1 N–H and O–H groups in total. The van der Waals surface area contributed by atoms with Gasteiger partial charge >= 0.3 is 0 Å². The quantitative estimate of drug-likeness (QED) is 0.756. The van der Waals surface area contributed by atoms with Gasteiger partial charge < -0.3 is 5.11 Å². The standard InChI is InChI=1S/C13H16O/c1-9(2)13(14)12-8-7-10-5-3-4-6-11(10)12/h3-9,12-14H,1-2H3.